The molecule has 0 saturated heterocycles. The fourth-order valence-electron chi connectivity index (χ4n) is 3.89. The molecular weight excluding hydrogens is 438 g/mol. The van der Waals surface area contributed by atoms with E-state index in [1.54, 1.807) is 37.3 Å². The molecule has 31 heavy (non-hydrogen) atoms. The number of benzene rings is 2. The Hall–Kier alpha value is -2.11. The van der Waals surface area contributed by atoms with Crippen molar-refractivity contribution >= 4 is 35.0 Å². The van der Waals surface area contributed by atoms with Crippen LogP contribution in [0.25, 0.3) is 0 Å². The van der Waals surface area contributed by atoms with Crippen molar-refractivity contribution in [3.8, 4) is 0 Å². The Morgan fingerprint density at radius 2 is 1.68 bits per heavy atom. The van der Waals surface area contributed by atoms with Crippen LogP contribution in [0.2, 0.25) is 10.0 Å². The minimum atomic E-state index is -0.694. The Bertz CT molecular complexity index is 894. The SMILES string of the molecule is C[C@H](C(=O)NC1CCCCC1)N(Cc1ccc(F)cc1)C(=O)Cc1c(Cl)cccc1Cl. The van der Waals surface area contributed by atoms with Gasteiger partial charge in [0.05, 0.1) is 6.42 Å². The molecule has 4 nitrogen and oxygen atoms in total. The molecule has 0 radical (unpaired) electrons. The molecule has 3 rings (SSSR count). The van der Waals surface area contributed by atoms with E-state index in [0.717, 1.165) is 31.2 Å². The molecule has 0 aliphatic heterocycles. The zero-order chi connectivity index (χ0) is 22.4. The van der Waals surface area contributed by atoms with Gasteiger partial charge in [-0.25, -0.2) is 4.39 Å². The van der Waals surface area contributed by atoms with E-state index in [2.05, 4.69) is 5.32 Å². The third kappa shape index (κ3) is 6.44. The first-order valence-corrected chi connectivity index (χ1v) is 11.4. The maximum absolute atomic E-state index is 13.3. The summed E-state index contributed by atoms with van der Waals surface area (Å²) in [6, 6.07) is 10.4. The molecule has 0 unspecified atom stereocenters. The summed E-state index contributed by atoms with van der Waals surface area (Å²) < 4.78 is 13.3. The maximum atomic E-state index is 13.3. The monoisotopic (exact) mass is 464 g/mol. The van der Waals surface area contributed by atoms with Crippen molar-refractivity contribution in [1.82, 2.24) is 10.2 Å². The molecule has 1 fully saturated rings. The quantitative estimate of drug-likeness (QED) is 0.584. The standard InChI is InChI=1S/C24H27Cl2FN2O2/c1-16(24(31)28-19-6-3-2-4-7-19)29(15-17-10-12-18(27)13-11-17)23(30)14-20-21(25)8-5-9-22(20)26/h5,8-13,16,19H,2-4,6-7,14-15H2,1H3,(H,28,31)/t16-/m1/s1. The molecule has 0 heterocycles. The van der Waals surface area contributed by atoms with E-state index in [4.69, 9.17) is 23.2 Å². The molecule has 2 amide bonds. The van der Waals surface area contributed by atoms with Crippen molar-refractivity contribution in [2.75, 3.05) is 0 Å². The zero-order valence-electron chi connectivity index (χ0n) is 17.5. The van der Waals surface area contributed by atoms with Crippen LogP contribution >= 0.6 is 23.2 Å². The minimum absolute atomic E-state index is 0.0270. The molecule has 0 bridgehead atoms. The van der Waals surface area contributed by atoms with Crippen LogP contribution in [0.3, 0.4) is 0 Å². The fraction of sp³-hybridized carbons (Fsp3) is 0.417. The van der Waals surface area contributed by atoms with Gasteiger partial charge in [0.1, 0.15) is 11.9 Å². The molecular formula is C24H27Cl2FN2O2. The first kappa shape index (κ1) is 23.6. The Labute approximate surface area is 192 Å². The van der Waals surface area contributed by atoms with E-state index in [1.165, 1.54) is 23.5 Å². The molecule has 166 valence electrons. The summed E-state index contributed by atoms with van der Waals surface area (Å²) in [6.45, 7) is 1.90. The number of carbonyl (C=O) groups is 2. The number of hydrogen-bond donors (Lipinski definition) is 1. The second-order valence-corrected chi connectivity index (χ2v) is 8.86. The Morgan fingerprint density at radius 3 is 2.29 bits per heavy atom. The molecule has 1 atom stereocenters. The molecule has 1 N–H and O–H groups in total. The van der Waals surface area contributed by atoms with Gasteiger partial charge in [0.15, 0.2) is 0 Å². The van der Waals surface area contributed by atoms with Gasteiger partial charge >= 0.3 is 0 Å². The van der Waals surface area contributed by atoms with Crippen LogP contribution in [-0.4, -0.2) is 28.8 Å². The smallest absolute Gasteiger partial charge is 0.242 e. The Kier molecular flexibility index (Phi) is 8.33. The molecule has 1 aliphatic carbocycles. The third-order valence-corrected chi connectivity index (χ3v) is 6.48. The molecule has 0 spiro atoms. The van der Waals surface area contributed by atoms with Crippen LogP contribution in [-0.2, 0) is 22.6 Å². The highest BCUT2D eigenvalue weighted by Gasteiger charge is 2.29. The average Bonchev–Trinajstić information content (AvgIpc) is 2.76. The Balaban J connectivity index is 1.79. The first-order chi connectivity index (χ1) is 14.8. The number of halogens is 3. The highest BCUT2D eigenvalue weighted by atomic mass is 35.5. The minimum Gasteiger partial charge on any atom is -0.352 e. The van der Waals surface area contributed by atoms with E-state index < -0.39 is 6.04 Å². The lowest BCUT2D eigenvalue weighted by atomic mass is 9.95. The van der Waals surface area contributed by atoms with Crippen LogP contribution in [0.1, 0.15) is 50.2 Å². The average molecular weight is 465 g/mol. The summed E-state index contributed by atoms with van der Waals surface area (Å²) in [4.78, 5) is 27.8. The fourth-order valence-corrected chi connectivity index (χ4v) is 4.42. The van der Waals surface area contributed by atoms with Crippen LogP contribution in [0.4, 0.5) is 4.39 Å². The summed E-state index contributed by atoms with van der Waals surface area (Å²) in [6.07, 6.45) is 5.28. The summed E-state index contributed by atoms with van der Waals surface area (Å²) in [7, 11) is 0. The lowest BCUT2D eigenvalue weighted by Gasteiger charge is -2.31. The van der Waals surface area contributed by atoms with Crippen molar-refractivity contribution in [2.24, 2.45) is 0 Å². The second-order valence-electron chi connectivity index (χ2n) is 8.04. The summed E-state index contributed by atoms with van der Waals surface area (Å²) in [5.41, 5.74) is 1.26. The van der Waals surface area contributed by atoms with Gasteiger partial charge in [-0.3, -0.25) is 9.59 Å². The molecule has 2 aromatic rings. The van der Waals surface area contributed by atoms with E-state index in [0.29, 0.717) is 15.6 Å². The predicted molar refractivity (Wildman–Crippen MR) is 122 cm³/mol. The van der Waals surface area contributed by atoms with Gasteiger partial charge in [0, 0.05) is 22.6 Å². The van der Waals surface area contributed by atoms with Gasteiger partial charge in [-0.05, 0) is 55.2 Å². The highest BCUT2D eigenvalue weighted by Crippen LogP contribution is 2.26. The van der Waals surface area contributed by atoms with Crippen LogP contribution in [0.15, 0.2) is 42.5 Å². The lowest BCUT2D eigenvalue weighted by molar-refractivity contribution is -0.140. The van der Waals surface area contributed by atoms with Crippen molar-refractivity contribution in [1.29, 1.82) is 0 Å². The van der Waals surface area contributed by atoms with Crippen molar-refractivity contribution in [3.05, 3.63) is 69.5 Å². The number of nitrogens with zero attached hydrogens (tertiary/aromatic N) is 1. The second kappa shape index (κ2) is 11.0. The molecule has 1 aliphatic rings. The van der Waals surface area contributed by atoms with Crippen LogP contribution < -0.4 is 5.32 Å². The van der Waals surface area contributed by atoms with Gasteiger partial charge < -0.3 is 10.2 Å². The molecule has 1 saturated carbocycles. The molecule has 7 heteroatoms. The van der Waals surface area contributed by atoms with E-state index in [1.807, 2.05) is 0 Å². The van der Waals surface area contributed by atoms with Gasteiger partial charge in [0.2, 0.25) is 11.8 Å². The molecule has 2 aromatic carbocycles. The summed E-state index contributed by atoms with van der Waals surface area (Å²) >= 11 is 12.5. The van der Waals surface area contributed by atoms with Crippen molar-refractivity contribution in [3.63, 3.8) is 0 Å². The number of hydrogen-bond acceptors (Lipinski definition) is 2. The van der Waals surface area contributed by atoms with Crippen LogP contribution in [0, 0.1) is 5.82 Å². The van der Waals surface area contributed by atoms with E-state index >= 15 is 0 Å². The highest BCUT2D eigenvalue weighted by molar-refractivity contribution is 6.36. The van der Waals surface area contributed by atoms with Gasteiger partial charge in [0.25, 0.3) is 0 Å². The molecule has 0 aromatic heterocycles. The lowest BCUT2D eigenvalue weighted by Crippen LogP contribution is -2.50. The Morgan fingerprint density at radius 1 is 1.06 bits per heavy atom. The number of nitrogens with one attached hydrogen (secondary N) is 1. The maximum Gasteiger partial charge on any atom is 0.242 e. The van der Waals surface area contributed by atoms with Gasteiger partial charge in [-0.1, -0.05) is 60.7 Å². The van der Waals surface area contributed by atoms with Crippen LogP contribution in [0.5, 0.6) is 0 Å². The van der Waals surface area contributed by atoms with Gasteiger partial charge in [-0.15, -0.1) is 0 Å². The number of rotatable bonds is 7. The first-order valence-electron chi connectivity index (χ1n) is 10.6. The summed E-state index contributed by atoms with van der Waals surface area (Å²) in [5, 5.41) is 3.90. The van der Waals surface area contributed by atoms with E-state index in [9.17, 15) is 14.0 Å². The normalized spacial score (nSPS) is 15.4. The predicted octanol–water partition coefficient (Wildman–Crippen LogP) is 5.54. The number of carbonyl (C=O) groups excluding carboxylic acids is 2. The third-order valence-electron chi connectivity index (χ3n) is 5.77. The van der Waals surface area contributed by atoms with E-state index in [-0.39, 0.29) is 36.6 Å². The topological polar surface area (TPSA) is 49.4 Å². The zero-order valence-corrected chi connectivity index (χ0v) is 19.1. The summed E-state index contributed by atoms with van der Waals surface area (Å²) in [5.74, 6) is -0.814. The van der Waals surface area contributed by atoms with Crippen molar-refractivity contribution in [2.45, 2.75) is 64.1 Å². The van der Waals surface area contributed by atoms with Crippen molar-refractivity contribution < 1.29 is 14.0 Å². The largest absolute Gasteiger partial charge is 0.352 e. The van der Waals surface area contributed by atoms with Gasteiger partial charge in [-0.2, -0.15) is 0 Å². The number of amides is 2.